The van der Waals surface area contributed by atoms with Crippen molar-refractivity contribution < 1.29 is 24.2 Å². The van der Waals surface area contributed by atoms with Gasteiger partial charge in [0.2, 0.25) is 0 Å². The number of ether oxygens (including phenoxy) is 2. The molecule has 2 aliphatic rings. The van der Waals surface area contributed by atoms with E-state index in [0.717, 1.165) is 0 Å². The third-order valence-corrected chi connectivity index (χ3v) is 3.38. The smallest absolute Gasteiger partial charge is 0.410 e. The predicted octanol–water partition coefficient (Wildman–Crippen LogP) is 1.34. The minimum absolute atomic E-state index is 0.0303. The summed E-state index contributed by atoms with van der Waals surface area (Å²) < 4.78 is 10.9. The van der Waals surface area contributed by atoms with Gasteiger partial charge in [-0.2, -0.15) is 0 Å². The van der Waals surface area contributed by atoms with Gasteiger partial charge in [-0.25, -0.2) is 4.79 Å². The molecule has 2 rings (SSSR count). The Labute approximate surface area is 112 Å². The van der Waals surface area contributed by atoms with Crippen molar-refractivity contribution in [2.45, 2.75) is 38.9 Å². The van der Waals surface area contributed by atoms with Crippen LogP contribution in [-0.2, 0) is 14.3 Å². The summed E-state index contributed by atoms with van der Waals surface area (Å²) in [6.07, 6.45) is 0.109. The Balaban J connectivity index is 1.88. The SMILES string of the molecule is CC(C)(C)OC(=O)N1CCOC([C@@H]2C[C@H]2C(=O)O)C1. The molecule has 1 heterocycles. The van der Waals surface area contributed by atoms with E-state index in [9.17, 15) is 9.59 Å². The fraction of sp³-hybridized carbons (Fsp3) is 0.846. The van der Waals surface area contributed by atoms with Gasteiger partial charge in [0.15, 0.2) is 0 Å². The first-order chi connectivity index (χ1) is 8.78. The summed E-state index contributed by atoms with van der Waals surface area (Å²) in [6.45, 7) is 6.82. The highest BCUT2D eigenvalue weighted by Crippen LogP contribution is 2.43. The van der Waals surface area contributed by atoms with Gasteiger partial charge in [0.05, 0.1) is 25.2 Å². The van der Waals surface area contributed by atoms with Crippen LogP contribution in [0.2, 0.25) is 0 Å². The van der Waals surface area contributed by atoms with Gasteiger partial charge >= 0.3 is 12.1 Å². The van der Waals surface area contributed by atoms with E-state index in [1.165, 1.54) is 0 Å². The van der Waals surface area contributed by atoms with E-state index in [1.807, 2.05) is 20.8 Å². The number of hydrogen-bond donors (Lipinski definition) is 1. The number of rotatable bonds is 2. The molecule has 6 heteroatoms. The van der Waals surface area contributed by atoms with Crippen molar-refractivity contribution in [3.8, 4) is 0 Å². The Hall–Kier alpha value is -1.30. The lowest BCUT2D eigenvalue weighted by Gasteiger charge is -2.34. The number of aliphatic carboxylic acids is 1. The van der Waals surface area contributed by atoms with Gasteiger partial charge in [0, 0.05) is 12.5 Å². The average molecular weight is 271 g/mol. The van der Waals surface area contributed by atoms with Crippen LogP contribution in [0.4, 0.5) is 4.79 Å². The van der Waals surface area contributed by atoms with Crippen molar-refractivity contribution in [1.82, 2.24) is 4.90 Å². The monoisotopic (exact) mass is 271 g/mol. The third-order valence-electron chi connectivity index (χ3n) is 3.38. The molecule has 0 bridgehead atoms. The Morgan fingerprint density at radius 3 is 2.58 bits per heavy atom. The fourth-order valence-electron chi connectivity index (χ4n) is 2.34. The van der Waals surface area contributed by atoms with Crippen molar-refractivity contribution in [2.24, 2.45) is 11.8 Å². The highest BCUT2D eigenvalue weighted by atomic mass is 16.6. The van der Waals surface area contributed by atoms with Gasteiger partial charge in [-0.3, -0.25) is 4.79 Å². The van der Waals surface area contributed by atoms with Gasteiger partial charge in [-0.1, -0.05) is 0 Å². The predicted molar refractivity (Wildman–Crippen MR) is 66.8 cm³/mol. The average Bonchev–Trinajstić information content (AvgIpc) is 3.06. The van der Waals surface area contributed by atoms with Gasteiger partial charge in [0.1, 0.15) is 5.60 Å². The molecule has 0 spiro atoms. The van der Waals surface area contributed by atoms with Crippen LogP contribution in [0.15, 0.2) is 0 Å². The summed E-state index contributed by atoms with van der Waals surface area (Å²) in [7, 11) is 0. The summed E-state index contributed by atoms with van der Waals surface area (Å²) in [6, 6.07) is 0. The quantitative estimate of drug-likeness (QED) is 0.820. The number of carboxylic acids is 1. The lowest BCUT2D eigenvalue weighted by molar-refractivity contribution is -0.139. The zero-order valence-electron chi connectivity index (χ0n) is 11.6. The highest BCUT2D eigenvalue weighted by molar-refractivity contribution is 5.73. The van der Waals surface area contributed by atoms with Crippen LogP contribution in [0.1, 0.15) is 27.2 Å². The molecular formula is C13H21NO5. The molecule has 6 nitrogen and oxygen atoms in total. The molecule has 1 saturated heterocycles. The molecule has 0 aromatic carbocycles. The van der Waals surface area contributed by atoms with E-state index in [-0.39, 0.29) is 24.0 Å². The Morgan fingerprint density at radius 2 is 2.05 bits per heavy atom. The van der Waals surface area contributed by atoms with Crippen molar-refractivity contribution >= 4 is 12.1 Å². The first-order valence-electron chi connectivity index (χ1n) is 6.60. The van der Waals surface area contributed by atoms with E-state index < -0.39 is 11.6 Å². The second-order valence-electron chi connectivity index (χ2n) is 6.18. The number of hydrogen-bond acceptors (Lipinski definition) is 4. The number of nitrogens with zero attached hydrogens (tertiary/aromatic N) is 1. The Morgan fingerprint density at radius 1 is 1.37 bits per heavy atom. The van der Waals surface area contributed by atoms with Gasteiger partial charge in [-0.05, 0) is 27.2 Å². The highest BCUT2D eigenvalue weighted by Gasteiger charge is 2.50. The number of morpholine rings is 1. The molecule has 1 saturated carbocycles. The maximum Gasteiger partial charge on any atom is 0.410 e. The summed E-state index contributed by atoms with van der Waals surface area (Å²) >= 11 is 0. The summed E-state index contributed by atoms with van der Waals surface area (Å²) in [4.78, 5) is 24.4. The van der Waals surface area contributed by atoms with Crippen molar-refractivity contribution in [3.05, 3.63) is 0 Å². The van der Waals surface area contributed by atoms with Gasteiger partial charge < -0.3 is 19.5 Å². The van der Waals surface area contributed by atoms with Crippen molar-refractivity contribution in [2.75, 3.05) is 19.7 Å². The van der Waals surface area contributed by atoms with E-state index >= 15 is 0 Å². The molecule has 0 radical (unpaired) electrons. The molecule has 1 aliphatic carbocycles. The molecule has 1 N–H and O–H groups in total. The van der Waals surface area contributed by atoms with E-state index in [1.54, 1.807) is 4.90 Å². The number of carbonyl (C=O) groups excluding carboxylic acids is 1. The summed E-state index contributed by atoms with van der Waals surface area (Å²) in [5.74, 6) is -1.06. The van der Waals surface area contributed by atoms with E-state index in [4.69, 9.17) is 14.6 Å². The molecule has 1 unspecified atom stereocenters. The van der Waals surface area contributed by atoms with Crippen molar-refractivity contribution in [3.63, 3.8) is 0 Å². The zero-order chi connectivity index (χ0) is 14.2. The largest absolute Gasteiger partial charge is 0.481 e. The molecule has 108 valence electrons. The molecule has 3 atom stereocenters. The van der Waals surface area contributed by atoms with Crippen LogP contribution in [0, 0.1) is 11.8 Å². The van der Waals surface area contributed by atoms with Crippen LogP contribution >= 0.6 is 0 Å². The first-order valence-corrected chi connectivity index (χ1v) is 6.60. The summed E-state index contributed by atoms with van der Waals surface area (Å²) in [5.41, 5.74) is -0.520. The van der Waals surface area contributed by atoms with Gasteiger partial charge in [-0.15, -0.1) is 0 Å². The molecule has 0 aromatic heterocycles. The van der Waals surface area contributed by atoms with Gasteiger partial charge in [0.25, 0.3) is 0 Å². The molecule has 19 heavy (non-hydrogen) atoms. The minimum atomic E-state index is -0.775. The second kappa shape index (κ2) is 5.00. The first kappa shape index (κ1) is 14.1. The normalized spacial score (nSPS) is 30.9. The molecule has 0 aromatic rings. The second-order valence-corrected chi connectivity index (χ2v) is 6.18. The van der Waals surface area contributed by atoms with Crippen LogP contribution in [-0.4, -0.2) is 53.5 Å². The maximum absolute atomic E-state index is 11.9. The lowest BCUT2D eigenvalue weighted by atomic mass is 10.1. The van der Waals surface area contributed by atoms with Crippen LogP contribution in [0.3, 0.4) is 0 Å². The Bertz CT molecular complexity index is 376. The number of carbonyl (C=O) groups is 2. The third kappa shape index (κ3) is 3.59. The Kier molecular flexibility index (Phi) is 3.71. The standard InChI is InChI=1S/C13H21NO5/c1-13(2,3)19-12(17)14-4-5-18-10(7-14)8-6-9(8)11(15)16/h8-10H,4-7H2,1-3H3,(H,15,16)/t8-,9-,10?/m1/s1. The minimum Gasteiger partial charge on any atom is -0.481 e. The van der Waals surface area contributed by atoms with E-state index in [2.05, 4.69) is 0 Å². The molecular weight excluding hydrogens is 250 g/mol. The van der Waals surface area contributed by atoms with E-state index in [0.29, 0.717) is 26.1 Å². The fourth-order valence-corrected chi connectivity index (χ4v) is 2.34. The maximum atomic E-state index is 11.9. The molecule has 2 fully saturated rings. The number of amides is 1. The molecule has 1 aliphatic heterocycles. The zero-order valence-corrected chi connectivity index (χ0v) is 11.6. The lowest BCUT2D eigenvalue weighted by Crippen LogP contribution is -2.48. The molecule has 1 amide bonds. The van der Waals surface area contributed by atoms with Crippen LogP contribution in [0.25, 0.3) is 0 Å². The summed E-state index contributed by atoms with van der Waals surface area (Å²) in [5, 5.41) is 8.92. The topological polar surface area (TPSA) is 76.1 Å². The van der Waals surface area contributed by atoms with Crippen LogP contribution in [0.5, 0.6) is 0 Å². The van der Waals surface area contributed by atoms with Crippen molar-refractivity contribution in [1.29, 1.82) is 0 Å². The number of carboxylic acid groups (broad SMARTS) is 1. The van der Waals surface area contributed by atoms with Crippen LogP contribution < -0.4 is 0 Å².